The van der Waals surface area contributed by atoms with Crippen LogP contribution in [-0.4, -0.2) is 102 Å². The summed E-state index contributed by atoms with van der Waals surface area (Å²) >= 11 is 0. The number of hydrogen-bond acceptors (Lipinski definition) is 7. The van der Waals surface area contributed by atoms with Gasteiger partial charge in [-0.2, -0.15) is 0 Å². The molecule has 0 unspecified atom stereocenters. The first kappa shape index (κ1) is 18.4. The molecule has 3 heterocycles. The van der Waals surface area contributed by atoms with Gasteiger partial charge in [-0.1, -0.05) is 0 Å². The average molecular weight is 362 g/mol. The molecule has 9 nitrogen and oxygen atoms in total. The Hall–Kier alpha value is -2.42. The third-order valence-electron chi connectivity index (χ3n) is 4.72. The van der Waals surface area contributed by atoms with Crippen molar-refractivity contribution in [3.05, 3.63) is 18.5 Å². The summed E-state index contributed by atoms with van der Waals surface area (Å²) in [5, 5.41) is 0. The fourth-order valence-corrected chi connectivity index (χ4v) is 3.20. The van der Waals surface area contributed by atoms with Crippen LogP contribution in [0.4, 0.5) is 10.7 Å². The molecule has 26 heavy (non-hydrogen) atoms. The predicted octanol–water partition coefficient (Wildman–Crippen LogP) is -0.101. The fraction of sp³-hybridized carbons (Fsp3) is 0.647. The van der Waals surface area contributed by atoms with Crippen molar-refractivity contribution in [1.29, 1.82) is 0 Å². The number of hydrogen-bond donors (Lipinski definition) is 0. The van der Waals surface area contributed by atoms with E-state index < -0.39 is 0 Å². The molecular formula is C17H26N6O3. The molecule has 3 rings (SSSR count). The number of anilines is 1. The molecule has 2 saturated heterocycles. The van der Waals surface area contributed by atoms with Crippen molar-refractivity contribution >= 4 is 17.9 Å². The van der Waals surface area contributed by atoms with E-state index in [0.717, 1.165) is 32.1 Å². The van der Waals surface area contributed by atoms with Crippen molar-refractivity contribution in [2.24, 2.45) is 0 Å². The van der Waals surface area contributed by atoms with Gasteiger partial charge in [-0.15, -0.1) is 0 Å². The minimum Gasteiger partial charge on any atom is -0.450 e. The van der Waals surface area contributed by atoms with E-state index in [4.69, 9.17) is 4.74 Å². The number of piperazine rings is 2. The topological polar surface area (TPSA) is 82.1 Å². The van der Waals surface area contributed by atoms with E-state index >= 15 is 0 Å². The van der Waals surface area contributed by atoms with E-state index in [9.17, 15) is 9.59 Å². The molecule has 0 radical (unpaired) electrons. The lowest BCUT2D eigenvalue weighted by Crippen LogP contribution is -2.54. The highest BCUT2D eigenvalue weighted by molar-refractivity contribution is 5.78. The highest BCUT2D eigenvalue weighted by Crippen LogP contribution is 2.10. The van der Waals surface area contributed by atoms with Crippen LogP contribution in [0.15, 0.2) is 18.5 Å². The second-order valence-corrected chi connectivity index (χ2v) is 6.38. The van der Waals surface area contributed by atoms with Gasteiger partial charge in [-0.25, -0.2) is 14.8 Å². The predicted molar refractivity (Wildman–Crippen MR) is 95.9 cm³/mol. The first-order valence-corrected chi connectivity index (χ1v) is 9.11. The first-order valence-electron chi connectivity index (χ1n) is 9.11. The normalized spacial score (nSPS) is 18.7. The molecule has 1 aromatic rings. The zero-order chi connectivity index (χ0) is 18.4. The van der Waals surface area contributed by atoms with Crippen molar-refractivity contribution in [2.45, 2.75) is 6.92 Å². The Labute approximate surface area is 153 Å². The van der Waals surface area contributed by atoms with E-state index in [1.165, 1.54) is 0 Å². The Morgan fingerprint density at radius 3 is 2.19 bits per heavy atom. The van der Waals surface area contributed by atoms with Crippen LogP contribution < -0.4 is 4.90 Å². The summed E-state index contributed by atoms with van der Waals surface area (Å²) in [6.45, 7) is 8.03. The van der Waals surface area contributed by atoms with Crippen LogP contribution in [-0.2, 0) is 9.53 Å². The molecule has 142 valence electrons. The molecule has 0 aromatic carbocycles. The van der Waals surface area contributed by atoms with E-state index in [-0.39, 0.29) is 12.0 Å². The average Bonchev–Trinajstić information content (AvgIpc) is 2.69. The number of carbonyl (C=O) groups is 2. The van der Waals surface area contributed by atoms with Crippen LogP contribution in [0.25, 0.3) is 0 Å². The zero-order valence-electron chi connectivity index (χ0n) is 15.2. The summed E-state index contributed by atoms with van der Waals surface area (Å²) in [5.74, 6) is 0.867. The van der Waals surface area contributed by atoms with Gasteiger partial charge < -0.3 is 19.4 Å². The Balaban J connectivity index is 1.40. The maximum atomic E-state index is 12.5. The van der Waals surface area contributed by atoms with E-state index in [0.29, 0.717) is 39.3 Å². The molecule has 0 atom stereocenters. The molecule has 0 bridgehead atoms. The number of rotatable bonds is 4. The largest absolute Gasteiger partial charge is 0.450 e. The van der Waals surface area contributed by atoms with Gasteiger partial charge in [0.25, 0.3) is 0 Å². The standard InChI is InChI=1S/C17H26N6O3/c1-2-26-17(25)23-12-10-21(11-13-23)15(24)14-20-6-8-22(9-7-20)16-18-4-3-5-19-16/h3-5H,2,6-14H2,1H3. The van der Waals surface area contributed by atoms with Gasteiger partial charge in [0.1, 0.15) is 0 Å². The second kappa shape index (κ2) is 8.79. The van der Waals surface area contributed by atoms with Crippen molar-refractivity contribution in [2.75, 3.05) is 70.4 Å². The Morgan fingerprint density at radius 2 is 1.58 bits per heavy atom. The van der Waals surface area contributed by atoms with Gasteiger partial charge in [0.15, 0.2) is 0 Å². The molecule has 2 fully saturated rings. The second-order valence-electron chi connectivity index (χ2n) is 6.38. The van der Waals surface area contributed by atoms with Crippen molar-refractivity contribution < 1.29 is 14.3 Å². The van der Waals surface area contributed by atoms with Gasteiger partial charge in [-0.05, 0) is 13.0 Å². The van der Waals surface area contributed by atoms with Gasteiger partial charge in [0.05, 0.1) is 13.2 Å². The molecule has 2 aliphatic heterocycles. The number of ether oxygens (including phenoxy) is 1. The molecule has 1 aromatic heterocycles. The number of carbonyl (C=O) groups excluding carboxylic acids is 2. The molecule has 0 N–H and O–H groups in total. The van der Waals surface area contributed by atoms with Crippen LogP contribution in [0.5, 0.6) is 0 Å². The number of aromatic nitrogens is 2. The van der Waals surface area contributed by atoms with E-state index in [1.54, 1.807) is 30.3 Å². The minimum atomic E-state index is -0.293. The van der Waals surface area contributed by atoms with Crippen LogP contribution in [0, 0.1) is 0 Å². The third kappa shape index (κ3) is 4.60. The van der Waals surface area contributed by atoms with Gasteiger partial charge >= 0.3 is 6.09 Å². The Morgan fingerprint density at radius 1 is 0.962 bits per heavy atom. The number of nitrogens with zero attached hydrogens (tertiary/aromatic N) is 6. The van der Waals surface area contributed by atoms with Crippen molar-refractivity contribution in [3.63, 3.8) is 0 Å². The molecule has 0 saturated carbocycles. The molecule has 9 heteroatoms. The Kier molecular flexibility index (Phi) is 6.21. The summed E-state index contributed by atoms with van der Waals surface area (Å²) in [6.07, 6.45) is 3.20. The van der Waals surface area contributed by atoms with E-state index in [1.807, 2.05) is 4.90 Å². The van der Waals surface area contributed by atoms with Crippen LogP contribution >= 0.6 is 0 Å². The van der Waals surface area contributed by atoms with E-state index in [2.05, 4.69) is 19.8 Å². The lowest BCUT2D eigenvalue weighted by atomic mass is 10.3. The molecular weight excluding hydrogens is 336 g/mol. The molecule has 2 aliphatic rings. The SMILES string of the molecule is CCOC(=O)N1CCN(C(=O)CN2CCN(c3ncccn3)CC2)CC1. The first-order chi connectivity index (χ1) is 12.7. The summed E-state index contributed by atoms with van der Waals surface area (Å²) in [6, 6.07) is 1.81. The zero-order valence-corrected chi connectivity index (χ0v) is 15.2. The lowest BCUT2D eigenvalue weighted by molar-refractivity contribution is -0.134. The monoisotopic (exact) mass is 362 g/mol. The third-order valence-corrected chi connectivity index (χ3v) is 4.72. The maximum absolute atomic E-state index is 12.5. The van der Waals surface area contributed by atoms with Crippen LogP contribution in [0.1, 0.15) is 6.92 Å². The maximum Gasteiger partial charge on any atom is 0.409 e. The highest BCUT2D eigenvalue weighted by Gasteiger charge is 2.27. The van der Waals surface area contributed by atoms with Gasteiger partial charge in [0.2, 0.25) is 11.9 Å². The Bertz CT molecular complexity index is 598. The molecule has 0 spiro atoms. The summed E-state index contributed by atoms with van der Waals surface area (Å²) in [4.78, 5) is 40.6. The minimum absolute atomic E-state index is 0.123. The quantitative estimate of drug-likeness (QED) is 0.740. The van der Waals surface area contributed by atoms with Crippen LogP contribution in [0.2, 0.25) is 0 Å². The summed E-state index contributed by atoms with van der Waals surface area (Å²) in [7, 11) is 0. The van der Waals surface area contributed by atoms with Crippen LogP contribution in [0.3, 0.4) is 0 Å². The van der Waals surface area contributed by atoms with Gasteiger partial charge in [-0.3, -0.25) is 9.69 Å². The highest BCUT2D eigenvalue weighted by atomic mass is 16.6. The van der Waals surface area contributed by atoms with Crippen molar-refractivity contribution in [3.8, 4) is 0 Å². The lowest BCUT2D eigenvalue weighted by Gasteiger charge is -2.37. The number of amides is 2. The van der Waals surface area contributed by atoms with Crippen molar-refractivity contribution in [1.82, 2.24) is 24.7 Å². The van der Waals surface area contributed by atoms with Gasteiger partial charge in [0, 0.05) is 64.8 Å². The smallest absolute Gasteiger partial charge is 0.409 e. The fourth-order valence-electron chi connectivity index (χ4n) is 3.20. The summed E-state index contributed by atoms with van der Waals surface area (Å²) in [5.41, 5.74) is 0. The summed E-state index contributed by atoms with van der Waals surface area (Å²) < 4.78 is 5.01. The molecule has 0 aliphatic carbocycles. The molecule has 2 amide bonds.